The van der Waals surface area contributed by atoms with Crippen molar-refractivity contribution in [2.24, 2.45) is 0 Å². The Kier molecular flexibility index (Phi) is 4.06. The Morgan fingerprint density at radius 1 is 1.29 bits per heavy atom. The predicted molar refractivity (Wildman–Crippen MR) is 76.8 cm³/mol. The van der Waals surface area contributed by atoms with Gasteiger partial charge in [0.2, 0.25) is 0 Å². The van der Waals surface area contributed by atoms with Crippen molar-refractivity contribution >= 4 is 45.8 Å². The molecule has 0 radical (unpaired) electrons. The topological polar surface area (TPSA) is 35.0 Å². The Balaban J connectivity index is 2.46. The molecule has 0 fully saturated rings. The van der Waals surface area contributed by atoms with Crippen LogP contribution in [0.3, 0.4) is 0 Å². The molecule has 0 saturated carbocycles. The number of halogens is 3. The smallest absolute Gasteiger partial charge is 0.160 e. The highest BCUT2D eigenvalue weighted by atomic mass is 127. The van der Waals surface area contributed by atoms with Crippen LogP contribution in [0, 0.1) is 3.57 Å². The molecular formula is C11H7Cl2IN2O. The van der Waals surface area contributed by atoms with Crippen LogP contribution in [0.2, 0.25) is 10.2 Å². The summed E-state index contributed by atoms with van der Waals surface area (Å²) in [5.74, 6) is 1.16. The van der Waals surface area contributed by atoms with E-state index in [9.17, 15) is 0 Å². The van der Waals surface area contributed by atoms with E-state index in [4.69, 9.17) is 27.9 Å². The Labute approximate surface area is 122 Å². The van der Waals surface area contributed by atoms with Gasteiger partial charge in [-0.2, -0.15) is 0 Å². The standard InChI is InChI=1S/C11H7Cl2IN2O/c1-17-9-3-2-6(4-7(9)12)11-15-5-8(14)10(13)16-11/h2-5H,1H3. The van der Waals surface area contributed by atoms with Crippen LogP contribution in [-0.4, -0.2) is 17.1 Å². The van der Waals surface area contributed by atoms with E-state index in [2.05, 4.69) is 32.6 Å². The summed E-state index contributed by atoms with van der Waals surface area (Å²) in [6, 6.07) is 5.36. The van der Waals surface area contributed by atoms with Crippen LogP contribution in [0.15, 0.2) is 24.4 Å². The molecule has 0 N–H and O–H groups in total. The molecule has 0 atom stereocenters. The highest BCUT2D eigenvalue weighted by molar-refractivity contribution is 14.1. The highest BCUT2D eigenvalue weighted by Crippen LogP contribution is 2.29. The summed E-state index contributed by atoms with van der Waals surface area (Å²) in [5.41, 5.74) is 0.800. The first-order valence-electron chi connectivity index (χ1n) is 4.64. The van der Waals surface area contributed by atoms with Crippen LogP contribution in [0.5, 0.6) is 5.75 Å². The maximum Gasteiger partial charge on any atom is 0.160 e. The molecule has 88 valence electrons. The highest BCUT2D eigenvalue weighted by Gasteiger charge is 2.08. The number of aromatic nitrogens is 2. The zero-order valence-electron chi connectivity index (χ0n) is 8.75. The summed E-state index contributed by atoms with van der Waals surface area (Å²) in [7, 11) is 1.57. The minimum Gasteiger partial charge on any atom is -0.495 e. The zero-order chi connectivity index (χ0) is 12.4. The van der Waals surface area contributed by atoms with E-state index in [-0.39, 0.29) is 0 Å². The lowest BCUT2D eigenvalue weighted by atomic mass is 10.2. The lowest BCUT2D eigenvalue weighted by Gasteiger charge is -2.05. The van der Waals surface area contributed by atoms with Gasteiger partial charge in [-0.15, -0.1) is 0 Å². The van der Waals surface area contributed by atoms with Crippen molar-refractivity contribution in [3.63, 3.8) is 0 Å². The van der Waals surface area contributed by atoms with E-state index in [0.29, 0.717) is 21.7 Å². The van der Waals surface area contributed by atoms with Gasteiger partial charge in [0, 0.05) is 11.8 Å². The van der Waals surface area contributed by atoms with Crippen molar-refractivity contribution in [3.8, 4) is 17.1 Å². The molecule has 3 nitrogen and oxygen atoms in total. The van der Waals surface area contributed by atoms with E-state index in [1.807, 2.05) is 6.07 Å². The Morgan fingerprint density at radius 2 is 2.06 bits per heavy atom. The molecule has 0 unspecified atom stereocenters. The third-order valence-electron chi connectivity index (χ3n) is 2.11. The minimum atomic E-state index is 0.433. The minimum absolute atomic E-state index is 0.433. The van der Waals surface area contributed by atoms with E-state index in [1.165, 1.54) is 0 Å². The van der Waals surface area contributed by atoms with Crippen LogP contribution in [-0.2, 0) is 0 Å². The molecule has 0 saturated heterocycles. The summed E-state index contributed by atoms with van der Waals surface area (Å²) in [6.07, 6.45) is 1.67. The number of methoxy groups -OCH3 is 1. The van der Waals surface area contributed by atoms with Crippen LogP contribution in [0.1, 0.15) is 0 Å². The van der Waals surface area contributed by atoms with Crippen LogP contribution in [0.25, 0.3) is 11.4 Å². The second kappa shape index (κ2) is 5.37. The average Bonchev–Trinajstić information content (AvgIpc) is 2.32. The van der Waals surface area contributed by atoms with Gasteiger partial charge in [-0.25, -0.2) is 9.97 Å². The summed E-state index contributed by atoms with van der Waals surface area (Å²) in [4.78, 5) is 8.39. The first-order valence-corrected chi connectivity index (χ1v) is 6.47. The Morgan fingerprint density at radius 3 is 2.65 bits per heavy atom. The zero-order valence-corrected chi connectivity index (χ0v) is 12.4. The molecule has 2 aromatic rings. The first kappa shape index (κ1) is 12.9. The number of hydrogen-bond donors (Lipinski definition) is 0. The summed E-state index contributed by atoms with van der Waals surface area (Å²) >= 11 is 14.1. The van der Waals surface area contributed by atoms with Crippen molar-refractivity contribution in [3.05, 3.63) is 38.1 Å². The van der Waals surface area contributed by atoms with Crippen LogP contribution < -0.4 is 4.74 Å². The summed E-state index contributed by atoms with van der Waals surface area (Å²) in [6.45, 7) is 0. The van der Waals surface area contributed by atoms with Gasteiger partial charge in [0.1, 0.15) is 10.9 Å². The molecule has 0 bridgehead atoms. The fourth-order valence-corrected chi connectivity index (χ4v) is 1.94. The fourth-order valence-electron chi connectivity index (χ4n) is 1.29. The molecule has 0 aliphatic heterocycles. The average molecular weight is 381 g/mol. The molecule has 1 aromatic carbocycles. The number of nitrogens with zero attached hydrogens (tertiary/aromatic N) is 2. The summed E-state index contributed by atoms with van der Waals surface area (Å²) in [5, 5.41) is 0.950. The molecular weight excluding hydrogens is 374 g/mol. The third-order valence-corrected chi connectivity index (χ3v) is 3.80. The lowest BCUT2D eigenvalue weighted by molar-refractivity contribution is 0.415. The van der Waals surface area contributed by atoms with E-state index in [0.717, 1.165) is 9.13 Å². The second-order valence-corrected chi connectivity index (χ2v) is 5.11. The molecule has 1 aromatic heterocycles. The quantitative estimate of drug-likeness (QED) is 0.582. The van der Waals surface area contributed by atoms with E-state index < -0.39 is 0 Å². The van der Waals surface area contributed by atoms with E-state index in [1.54, 1.807) is 25.4 Å². The Hall–Kier alpha value is -0.590. The van der Waals surface area contributed by atoms with Crippen molar-refractivity contribution in [1.82, 2.24) is 9.97 Å². The van der Waals surface area contributed by atoms with E-state index >= 15 is 0 Å². The first-order chi connectivity index (χ1) is 8.11. The van der Waals surface area contributed by atoms with Crippen LogP contribution >= 0.6 is 45.8 Å². The SMILES string of the molecule is COc1ccc(-c2ncc(I)c(Cl)n2)cc1Cl. The van der Waals surface area contributed by atoms with Gasteiger partial charge >= 0.3 is 0 Å². The molecule has 0 aliphatic rings. The Bertz CT molecular complexity index is 563. The van der Waals surface area contributed by atoms with Gasteiger partial charge in [-0.1, -0.05) is 23.2 Å². The molecule has 0 spiro atoms. The van der Waals surface area contributed by atoms with Crippen LogP contribution in [0.4, 0.5) is 0 Å². The van der Waals surface area contributed by atoms with Gasteiger partial charge in [0.25, 0.3) is 0 Å². The number of benzene rings is 1. The van der Waals surface area contributed by atoms with Crippen molar-refractivity contribution < 1.29 is 4.74 Å². The second-order valence-electron chi connectivity index (χ2n) is 3.18. The monoisotopic (exact) mass is 380 g/mol. The number of hydrogen-bond acceptors (Lipinski definition) is 3. The maximum atomic E-state index is 6.04. The maximum absolute atomic E-state index is 6.04. The molecule has 0 amide bonds. The lowest BCUT2D eigenvalue weighted by Crippen LogP contribution is -1.92. The van der Waals surface area contributed by atoms with Crippen molar-refractivity contribution in [1.29, 1.82) is 0 Å². The molecule has 0 aliphatic carbocycles. The van der Waals surface area contributed by atoms with Gasteiger partial charge in [0.05, 0.1) is 15.7 Å². The predicted octanol–water partition coefficient (Wildman–Crippen LogP) is 4.06. The van der Waals surface area contributed by atoms with Gasteiger partial charge < -0.3 is 4.74 Å². The van der Waals surface area contributed by atoms with Gasteiger partial charge in [-0.3, -0.25) is 0 Å². The van der Waals surface area contributed by atoms with Gasteiger partial charge in [-0.05, 0) is 40.8 Å². The largest absolute Gasteiger partial charge is 0.495 e. The normalized spacial score (nSPS) is 10.4. The van der Waals surface area contributed by atoms with Gasteiger partial charge in [0.15, 0.2) is 5.82 Å². The molecule has 6 heteroatoms. The molecule has 2 rings (SSSR count). The molecule has 17 heavy (non-hydrogen) atoms. The fraction of sp³-hybridized carbons (Fsp3) is 0.0909. The number of rotatable bonds is 2. The number of ether oxygens (including phenoxy) is 1. The van der Waals surface area contributed by atoms with Crippen molar-refractivity contribution in [2.75, 3.05) is 7.11 Å². The van der Waals surface area contributed by atoms with Crippen molar-refractivity contribution in [2.45, 2.75) is 0 Å². The third kappa shape index (κ3) is 2.81. The molecule has 1 heterocycles. The summed E-state index contributed by atoms with van der Waals surface area (Å²) < 4.78 is 5.89.